The molecule has 100 valence electrons. The van der Waals surface area contributed by atoms with E-state index in [0.717, 1.165) is 12.1 Å². The van der Waals surface area contributed by atoms with Crippen LogP contribution in [0.3, 0.4) is 0 Å². The first kappa shape index (κ1) is 12.3. The van der Waals surface area contributed by atoms with Crippen molar-refractivity contribution in [3.63, 3.8) is 0 Å². The molecule has 3 rings (SSSR count). The molecule has 0 saturated heterocycles. The fourth-order valence-corrected chi connectivity index (χ4v) is 1.72. The molecule has 0 N–H and O–H groups in total. The van der Waals surface area contributed by atoms with Crippen molar-refractivity contribution in [2.45, 2.75) is 0 Å². The Morgan fingerprint density at radius 1 is 0.950 bits per heavy atom. The second-order valence-electron chi connectivity index (χ2n) is 3.93. The maximum absolute atomic E-state index is 13.7. The van der Waals surface area contributed by atoms with Crippen LogP contribution in [0.1, 0.15) is 0 Å². The van der Waals surface area contributed by atoms with Gasteiger partial charge in [0.05, 0.1) is 5.69 Å². The Kier molecular flexibility index (Phi) is 2.94. The zero-order valence-corrected chi connectivity index (χ0v) is 9.96. The van der Waals surface area contributed by atoms with E-state index < -0.39 is 17.5 Å². The van der Waals surface area contributed by atoms with Crippen LogP contribution in [-0.2, 0) is 0 Å². The van der Waals surface area contributed by atoms with Gasteiger partial charge in [0.1, 0.15) is 6.33 Å². The van der Waals surface area contributed by atoms with Crippen LogP contribution in [0.25, 0.3) is 17.2 Å². The van der Waals surface area contributed by atoms with Gasteiger partial charge < -0.3 is 0 Å². The lowest BCUT2D eigenvalue weighted by molar-refractivity contribution is 0.449. The van der Waals surface area contributed by atoms with Crippen molar-refractivity contribution in [1.82, 2.24) is 19.5 Å². The number of hydrogen-bond acceptors (Lipinski definition) is 3. The van der Waals surface area contributed by atoms with Gasteiger partial charge in [0.15, 0.2) is 17.5 Å². The Morgan fingerprint density at radius 3 is 2.55 bits per heavy atom. The smallest absolute Gasteiger partial charge is 0.235 e. The van der Waals surface area contributed by atoms with Gasteiger partial charge in [-0.05, 0) is 18.2 Å². The summed E-state index contributed by atoms with van der Waals surface area (Å²) >= 11 is 0. The molecule has 0 fully saturated rings. The number of hydrogen-bond donors (Lipinski definition) is 0. The minimum Gasteiger partial charge on any atom is -0.274 e. The maximum atomic E-state index is 13.7. The number of aromatic nitrogens is 4. The number of imidazole rings is 1. The third-order valence-electron chi connectivity index (χ3n) is 2.69. The molecule has 2 aromatic heterocycles. The average molecular weight is 276 g/mol. The minimum atomic E-state index is -1.52. The molecule has 4 nitrogen and oxygen atoms in total. The number of rotatable bonds is 2. The molecule has 7 heteroatoms. The molecule has 0 radical (unpaired) electrons. The Morgan fingerprint density at radius 2 is 1.80 bits per heavy atom. The molecule has 0 aliphatic carbocycles. The minimum absolute atomic E-state index is 0.132. The first-order valence-electron chi connectivity index (χ1n) is 5.62. The number of nitrogens with zero attached hydrogens (tertiary/aromatic N) is 4. The molecule has 1 aromatic carbocycles. The Balaban J connectivity index is 2.12. The van der Waals surface area contributed by atoms with Crippen molar-refractivity contribution < 1.29 is 13.2 Å². The van der Waals surface area contributed by atoms with E-state index in [9.17, 15) is 13.2 Å². The second kappa shape index (κ2) is 4.76. The molecule has 0 spiro atoms. The third-order valence-corrected chi connectivity index (χ3v) is 2.69. The van der Waals surface area contributed by atoms with Crippen LogP contribution in [0.2, 0.25) is 0 Å². The van der Waals surface area contributed by atoms with Crippen molar-refractivity contribution >= 4 is 0 Å². The van der Waals surface area contributed by atoms with Crippen LogP contribution in [0.15, 0.2) is 43.1 Å². The molecule has 0 unspecified atom stereocenters. The van der Waals surface area contributed by atoms with Gasteiger partial charge in [-0.3, -0.25) is 4.57 Å². The summed E-state index contributed by atoms with van der Waals surface area (Å²) in [4.78, 5) is 11.9. The highest BCUT2D eigenvalue weighted by atomic mass is 19.2. The van der Waals surface area contributed by atoms with E-state index in [1.54, 1.807) is 6.20 Å². The predicted octanol–water partition coefficient (Wildman–Crippen LogP) is 2.75. The SMILES string of the molecule is Fc1ccc(-c2ccnc(-n3ccnc3)n2)c(F)c1F. The van der Waals surface area contributed by atoms with Gasteiger partial charge in [-0.15, -0.1) is 0 Å². The predicted molar refractivity (Wildman–Crippen MR) is 64.5 cm³/mol. The van der Waals surface area contributed by atoms with Gasteiger partial charge in [-0.2, -0.15) is 0 Å². The van der Waals surface area contributed by atoms with Gasteiger partial charge in [-0.25, -0.2) is 28.1 Å². The third kappa shape index (κ3) is 2.03. The Labute approximate surface area is 111 Å². The van der Waals surface area contributed by atoms with Gasteiger partial charge in [0.2, 0.25) is 5.95 Å². The first-order chi connectivity index (χ1) is 9.66. The summed E-state index contributed by atoms with van der Waals surface area (Å²) in [6, 6.07) is 3.40. The van der Waals surface area contributed by atoms with Gasteiger partial charge in [0.25, 0.3) is 0 Å². The molecule has 0 amide bonds. The average Bonchev–Trinajstić information content (AvgIpc) is 2.99. The lowest BCUT2D eigenvalue weighted by Crippen LogP contribution is -2.01. The van der Waals surface area contributed by atoms with Crippen LogP contribution < -0.4 is 0 Å². The van der Waals surface area contributed by atoms with Crippen molar-refractivity contribution in [3.8, 4) is 17.2 Å². The summed E-state index contributed by atoms with van der Waals surface area (Å²) in [5, 5.41) is 0. The highest BCUT2D eigenvalue weighted by Crippen LogP contribution is 2.24. The molecular weight excluding hydrogens is 269 g/mol. The van der Waals surface area contributed by atoms with Crippen LogP contribution in [-0.4, -0.2) is 19.5 Å². The van der Waals surface area contributed by atoms with Crippen molar-refractivity contribution in [1.29, 1.82) is 0 Å². The lowest BCUT2D eigenvalue weighted by Gasteiger charge is -2.06. The van der Waals surface area contributed by atoms with Gasteiger partial charge >= 0.3 is 0 Å². The lowest BCUT2D eigenvalue weighted by atomic mass is 10.1. The van der Waals surface area contributed by atoms with E-state index in [1.165, 1.54) is 29.4 Å². The summed E-state index contributed by atoms with van der Waals surface area (Å²) in [6.07, 6.45) is 6.02. The number of halogens is 3. The summed E-state index contributed by atoms with van der Waals surface area (Å²) in [6.45, 7) is 0. The summed E-state index contributed by atoms with van der Waals surface area (Å²) in [5.74, 6) is -3.79. The molecule has 0 aliphatic heterocycles. The zero-order valence-electron chi connectivity index (χ0n) is 9.96. The largest absolute Gasteiger partial charge is 0.274 e. The normalized spacial score (nSPS) is 10.8. The van der Waals surface area contributed by atoms with Gasteiger partial charge in [-0.1, -0.05) is 0 Å². The molecular formula is C13H7F3N4. The molecule has 0 aliphatic rings. The Bertz CT molecular complexity index is 756. The highest BCUT2D eigenvalue weighted by Gasteiger charge is 2.16. The molecule has 0 saturated carbocycles. The van der Waals surface area contributed by atoms with Gasteiger partial charge in [0, 0.05) is 24.2 Å². The van der Waals surface area contributed by atoms with Crippen LogP contribution in [0.4, 0.5) is 13.2 Å². The van der Waals surface area contributed by atoms with Crippen LogP contribution in [0.5, 0.6) is 0 Å². The van der Waals surface area contributed by atoms with Crippen LogP contribution in [0, 0.1) is 17.5 Å². The molecule has 20 heavy (non-hydrogen) atoms. The Hall–Kier alpha value is -2.70. The quantitative estimate of drug-likeness (QED) is 0.676. The van der Waals surface area contributed by atoms with Crippen molar-refractivity contribution in [2.24, 2.45) is 0 Å². The molecule has 2 heterocycles. The summed E-state index contributed by atoms with van der Waals surface area (Å²) in [5.41, 5.74) is 0.0211. The van der Waals surface area contributed by atoms with E-state index in [2.05, 4.69) is 15.0 Å². The maximum Gasteiger partial charge on any atom is 0.235 e. The van der Waals surface area contributed by atoms with Crippen LogP contribution >= 0.6 is 0 Å². The summed E-state index contributed by atoms with van der Waals surface area (Å²) < 4.78 is 41.4. The van der Waals surface area contributed by atoms with E-state index in [4.69, 9.17) is 0 Å². The first-order valence-corrected chi connectivity index (χ1v) is 5.62. The van der Waals surface area contributed by atoms with E-state index in [-0.39, 0.29) is 17.2 Å². The second-order valence-corrected chi connectivity index (χ2v) is 3.93. The van der Waals surface area contributed by atoms with Crippen molar-refractivity contribution in [3.05, 3.63) is 60.6 Å². The molecule has 0 bridgehead atoms. The topological polar surface area (TPSA) is 43.6 Å². The van der Waals surface area contributed by atoms with Crippen molar-refractivity contribution in [2.75, 3.05) is 0 Å². The summed E-state index contributed by atoms with van der Waals surface area (Å²) in [7, 11) is 0. The number of benzene rings is 1. The zero-order chi connectivity index (χ0) is 14.1. The monoisotopic (exact) mass is 276 g/mol. The van der Waals surface area contributed by atoms with E-state index in [0.29, 0.717) is 0 Å². The highest BCUT2D eigenvalue weighted by molar-refractivity contribution is 5.60. The molecule has 3 aromatic rings. The molecule has 0 atom stereocenters. The van der Waals surface area contributed by atoms with E-state index >= 15 is 0 Å². The fourth-order valence-electron chi connectivity index (χ4n) is 1.72. The standard InChI is InChI=1S/C13H7F3N4/c14-9-2-1-8(11(15)12(9)16)10-3-4-18-13(19-10)20-6-5-17-7-20/h1-7H. The fraction of sp³-hybridized carbons (Fsp3) is 0. The van der Waals surface area contributed by atoms with E-state index in [1.807, 2.05) is 0 Å².